The number of hydrogen-bond acceptors (Lipinski definition) is 2. The smallest absolute Gasteiger partial charge is 0.262 e. The lowest BCUT2D eigenvalue weighted by Crippen LogP contribution is -2.20. The molecule has 0 unspecified atom stereocenters. The summed E-state index contributed by atoms with van der Waals surface area (Å²) in [5.41, 5.74) is 1.63. The molecule has 0 aliphatic heterocycles. The minimum Gasteiger partial charge on any atom is -0.484 e. The highest BCUT2D eigenvalue weighted by molar-refractivity contribution is 6.33. The van der Waals surface area contributed by atoms with Gasteiger partial charge in [-0.05, 0) is 47.5 Å². The maximum Gasteiger partial charge on any atom is 0.262 e. The van der Waals surface area contributed by atoms with E-state index < -0.39 is 0 Å². The van der Waals surface area contributed by atoms with Gasteiger partial charge in [0.05, 0.1) is 10.7 Å². The van der Waals surface area contributed by atoms with E-state index in [-0.39, 0.29) is 12.5 Å². The Bertz CT molecular complexity index is 861. The molecule has 3 rings (SSSR count). The van der Waals surface area contributed by atoms with Gasteiger partial charge in [-0.15, -0.1) is 0 Å². The monoisotopic (exact) mass is 325 g/mol. The summed E-state index contributed by atoms with van der Waals surface area (Å²) in [6, 6.07) is 19.2. The number of halogens is 1. The molecule has 3 aromatic rings. The quantitative estimate of drug-likeness (QED) is 0.747. The van der Waals surface area contributed by atoms with Crippen LogP contribution in [0.2, 0.25) is 5.02 Å². The Morgan fingerprint density at radius 2 is 1.83 bits per heavy atom. The molecule has 0 heterocycles. The molecule has 1 amide bonds. The summed E-state index contributed by atoms with van der Waals surface area (Å²) in [6.07, 6.45) is 0. The highest BCUT2D eigenvalue weighted by atomic mass is 35.5. The Morgan fingerprint density at radius 1 is 1.04 bits per heavy atom. The van der Waals surface area contributed by atoms with Gasteiger partial charge in [-0.3, -0.25) is 4.79 Å². The Kier molecular flexibility index (Phi) is 4.49. The molecule has 0 spiro atoms. The van der Waals surface area contributed by atoms with Gasteiger partial charge in [-0.2, -0.15) is 0 Å². The van der Waals surface area contributed by atoms with Gasteiger partial charge in [0.15, 0.2) is 6.61 Å². The minimum atomic E-state index is -0.246. The van der Waals surface area contributed by atoms with Crippen molar-refractivity contribution in [3.8, 4) is 5.75 Å². The summed E-state index contributed by atoms with van der Waals surface area (Å²) < 4.78 is 5.56. The van der Waals surface area contributed by atoms with Crippen LogP contribution in [0.5, 0.6) is 5.75 Å². The van der Waals surface area contributed by atoms with Crippen LogP contribution in [0.4, 0.5) is 5.69 Å². The zero-order valence-electron chi connectivity index (χ0n) is 12.7. The third kappa shape index (κ3) is 3.82. The van der Waals surface area contributed by atoms with Gasteiger partial charge in [-0.1, -0.05) is 48.0 Å². The minimum absolute atomic E-state index is 0.0669. The average molecular weight is 326 g/mol. The standard InChI is InChI=1S/C19H16ClNO2/c1-13-6-9-18(17(20)10-13)21-19(22)12-23-16-8-7-14-4-2-3-5-15(14)11-16/h2-11H,12H2,1H3,(H,21,22). The van der Waals surface area contributed by atoms with Crippen LogP contribution in [0.3, 0.4) is 0 Å². The number of carbonyl (C=O) groups is 1. The van der Waals surface area contributed by atoms with Crippen LogP contribution >= 0.6 is 11.6 Å². The molecule has 3 aromatic carbocycles. The Labute approximate surface area is 139 Å². The third-order valence-electron chi connectivity index (χ3n) is 3.49. The summed E-state index contributed by atoms with van der Waals surface area (Å²) in [5.74, 6) is 0.415. The number of amides is 1. The lowest BCUT2D eigenvalue weighted by atomic mass is 10.1. The molecule has 1 N–H and O–H groups in total. The summed E-state index contributed by atoms with van der Waals surface area (Å²) in [6.45, 7) is 1.88. The summed E-state index contributed by atoms with van der Waals surface area (Å²) in [7, 11) is 0. The molecular formula is C19H16ClNO2. The van der Waals surface area contributed by atoms with E-state index >= 15 is 0 Å². The zero-order valence-corrected chi connectivity index (χ0v) is 13.4. The predicted octanol–water partition coefficient (Wildman–Crippen LogP) is 4.82. The number of ether oxygens (including phenoxy) is 1. The largest absolute Gasteiger partial charge is 0.484 e. The van der Waals surface area contributed by atoms with Crippen LogP contribution < -0.4 is 10.1 Å². The fourth-order valence-electron chi connectivity index (χ4n) is 2.31. The SMILES string of the molecule is Cc1ccc(NC(=O)COc2ccc3ccccc3c2)c(Cl)c1. The molecule has 116 valence electrons. The van der Waals surface area contributed by atoms with E-state index in [0.29, 0.717) is 16.5 Å². The number of anilines is 1. The van der Waals surface area contributed by atoms with Crippen molar-refractivity contribution in [2.24, 2.45) is 0 Å². The molecule has 0 aliphatic rings. The lowest BCUT2D eigenvalue weighted by Gasteiger charge is -2.10. The van der Waals surface area contributed by atoms with Crippen LogP contribution in [0.1, 0.15) is 5.56 Å². The molecule has 0 saturated carbocycles. The van der Waals surface area contributed by atoms with Crippen LogP contribution in [0.25, 0.3) is 10.8 Å². The van der Waals surface area contributed by atoms with Crippen LogP contribution in [0, 0.1) is 6.92 Å². The third-order valence-corrected chi connectivity index (χ3v) is 3.80. The molecule has 0 bridgehead atoms. The number of nitrogens with one attached hydrogen (secondary N) is 1. The molecule has 0 atom stereocenters. The van der Waals surface area contributed by atoms with Crippen molar-refractivity contribution in [3.63, 3.8) is 0 Å². The summed E-state index contributed by atoms with van der Waals surface area (Å²) in [4.78, 5) is 12.0. The molecule has 0 fully saturated rings. The molecule has 0 aromatic heterocycles. The zero-order chi connectivity index (χ0) is 16.2. The number of aryl methyl sites for hydroxylation is 1. The molecule has 3 nitrogen and oxygen atoms in total. The molecule has 23 heavy (non-hydrogen) atoms. The second-order valence-corrected chi connectivity index (χ2v) is 5.74. The van der Waals surface area contributed by atoms with Crippen LogP contribution in [0.15, 0.2) is 60.7 Å². The Balaban J connectivity index is 1.63. The van der Waals surface area contributed by atoms with Gasteiger partial charge in [0, 0.05) is 0 Å². The summed E-state index contributed by atoms with van der Waals surface area (Å²) in [5, 5.41) is 5.48. The number of carbonyl (C=O) groups excluding carboxylic acids is 1. The molecule has 0 aliphatic carbocycles. The van der Waals surface area contributed by atoms with Crippen molar-refractivity contribution in [1.82, 2.24) is 0 Å². The van der Waals surface area contributed by atoms with E-state index in [0.717, 1.165) is 16.3 Å². The van der Waals surface area contributed by atoms with Gasteiger partial charge in [0.2, 0.25) is 0 Å². The fraction of sp³-hybridized carbons (Fsp3) is 0.105. The van der Waals surface area contributed by atoms with Gasteiger partial charge < -0.3 is 10.1 Å². The fourth-order valence-corrected chi connectivity index (χ4v) is 2.60. The van der Waals surface area contributed by atoms with Gasteiger partial charge in [0.1, 0.15) is 5.75 Å². The molecular weight excluding hydrogens is 310 g/mol. The van der Waals surface area contributed by atoms with Crippen molar-refractivity contribution in [1.29, 1.82) is 0 Å². The highest BCUT2D eigenvalue weighted by Gasteiger charge is 2.07. The van der Waals surface area contributed by atoms with Crippen LogP contribution in [-0.4, -0.2) is 12.5 Å². The van der Waals surface area contributed by atoms with E-state index in [9.17, 15) is 4.79 Å². The van der Waals surface area contributed by atoms with Crippen LogP contribution in [-0.2, 0) is 4.79 Å². The number of fused-ring (bicyclic) bond motifs is 1. The van der Waals surface area contributed by atoms with E-state index in [4.69, 9.17) is 16.3 Å². The second-order valence-electron chi connectivity index (χ2n) is 5.33. The normalized spacial score (nSPS) is 10.5. The van der Waals surface area contributed by atoms with E-state index in [2.05, 4.69) is 5.32 Å². The lowest BCUT2D eigenvalue weighted by molar-refractivity contribution is -0.118. The molecule has 0 radical (unpaired) electrons. The predicted molar refractivity (Wildman–Crippen MR) is 94.3 cm³/mol. The number of hydrogen-bond donors (Lipinski definition) is 1. The summed E-state index contributed by atoms with van der Waals surface area (Å²) >= 11 is 6.10. The first-order chi connectivity index (χ1) is 11.1. The topological polar surface area (TPSA) is 38.3 Å². The molecule has 0 saturated heterocycles. The molecule has 4 heteroatoms. The van der Waals surface area contributed by atoms with Crippen molar-refractivity contribution >= 4 is 34.0 Å². The van der Waals surface area contributed by atoms with E-state index in [1.165, 1.54) is 0 Å². The number of benzene rings is 3. The number of rotatable bonds is 4. The van der Waals surface area contributed by atoms with Gasteiger partial charge in [-0.25, -0.2) is 0 Å². The first-order valence-electron chi connectivity index (χ1n) is 7.29. The van der Waals surface area contributed by atoms with E-state index in [1.807, 2.05) is 55.5 Å². The maximum atomic E-state index is 12.0. The maximum absolute atomic E-state index is 12.0. The second kappa shape index (κ2) is 6.71. The van der Waals surface area contributed by atoms with Gasteiger partial charge >= 0.3 is 0 Å². The van der Waals surface area contributed by atoms with Gasteiger partial charge in [0.25, 0.3) is 5.91 Å². The average Bonchev–Trinajstić information content (AvgIpc) is 2.55. The highest BCUT2D eigenvalue weighted by Crippen LogP contribution is 2.23. The van der Waals surface area contributed by atoms with E-state index in [1.54, 1.807) is 12.1 Å². The van der Waals surface area contributed by atoms with Crippen molar-refractivity contribution in [2.75, 3.05) is 11.9 Å². The Morgan fingerprint density at radius 3 is 2.61 bits per heavy atom. The first kappa shape index (κ1) is 15.4. The van der Waals surface area contributed by atoms with Crippen molar-refractivity contribution < 1.29 is 9.53 Å². The van der Waals surface area contributed by atoms with Crippen molar-refractivity contribution in [2.45, 2.75) is 6.92 Å². The Hall–Kier alpha value is -2.52. The van der Waals surface area contributed by atoms with Crippen molar-refractivity contribution in [3.05, 3.63) is 71.2 Å². The first-order valence-corrected chi connectivity index (χ1v) is 7.67.